The van der Waals surface area contributed by atoms with Gasteiger partial charge in [-0.2, -0.15) is 0 Å². The maximum Gasteiger partial charge on any atom is 0.335 e. The van der Waals surface area contributed by atoms with Crippen LogP contribution in [0.4, 0.5) is 10.1 Å². The summed E-state index contributed by atoms with van der Waals surface area (Å²) < 4.78 is 25.4. The van der Waals surface area contributed by atoms with Crippen molar-refractivity contribution in [1.82, 2.24) is 0 Å². The number of carbonyl (C=O) groups excluding carboxylic acids is 1. The molecule has 3 rings (SSSR count). The second-order valence-electron chi connectivity index (χ2n) is 5.98. The first-order valence-electron chi connectivity index (χ1n) is 8.19. The van der Waals surface area contributed by atoms with Gasteiger partial charge < -0.3 is 19.9 Å². The quantitative estimate of drug-likeness (QED) is 0.853. The Morgan fingerprint density at radius 3 is 2.77 bits per heavy atom. The zero-order valence-electron chi connectivity index (χ0n) is 14.3. The monoisotopic (exact) mass is 359 g/mol. The van der Waals surface area contributed by atoms with Gasteiger partial charge in [0.2, 0.25) is 0 Å². The first-order valence-corrected chi connectivity index (χ1v) is 8.19. The molecule has 1 heterocycles. The fourth-order valence-corrected chi connectivity index (χ4v) is 2.83. The highest BCUT2D eigenvalue weighted by atomic mass is 19.1. The lowest BCUT2D eigenvalue weighted by atomic mass is 10.1. The SMILES string of the molecule is CCOc1cc2c(cc1NC(=O)c1ccc(C(=O)O)cc1F)OC(C)C2. The van der Waals surface area contributed by atoms with E-state index in [2.05, 4.69) is 5.32 Å². The van der Waals surface area contributed by atoms with Gasteiger partial charge in [-0.05, 0) is 38.1 Å². The number of hydrogen-bond donors (Lipinski definition) is 2. The lowest BCUT2D eigenvalue weighted by Crippen LogP contribution is -2.15. The van der Waals surface area contributed by atoms with Gasteiger partial charge in [0.25, 0.3) is 5.91 Å². The smallest absolute Gasteiger partial charge is 0.335 e. The Morgan fingerprint density at radius 1 is 1.35 bits per heavy atom. The number of aromatic carboxylic acids is 1. The molecule has 136 valence electrons. The minimum atomic E-state index is -1.26. The van der Waals surface area contributed by atoms with Crippen LogP contribution in [0.25, 0.3) is 0 Å². The third kappa shape index (κ3) is 3.46. The molecule has 7 heteroatoms. The van der Waals surface area contributed by atoms with Crippen LogP contribution in [0.3, 0.4) is 0 Å². The molecule has 0 saturated carbocycles. The van der Waals surface area contributed by atoms with Crippen LogP contribution in [0.2, 0.25) is 0 Å². The van der Waals surface area contributed by atoms with Gasteiger partial charge in [0.05, 0.1) is 23.4 Å². The number of benzene rings is 2. The highest BCUT2D eigenvalue weighted by molar-refractivity contribution is 6.06. The number of amides is 1. The molecule has 0 bridgehead atoms. The van der Waals surface area contributed by atoms with Gasteiger partial charge in [-0.1, -0.05) is 0 Å². The molecule has 2 N–H and O–H groups in total. The van der Waals surface area contributed by atoms with Crippen molar-refractivity contribution in [2.24, 2.45) is 0 Å². The molecular weight excluding hydrogens is 341 g/mol. The van der Waals surface area contributed by atoms with Crippen molar-refractivity contribution in [3.8, 4) is 11.5 Å². The molecule has 0 fully saturated rings. The van der Waals surface area contributed by atoms with E-state index in [0.29, 0.717) is 23.8 Å². The van der Waals surface area contributed by atoms with E-state index in [0.717, 1.165) is 24.1 Å². The van der Waals surface area contributed by atoms with E-state index in [1.54, 1.807) is 6.07 Å². The molecule has 1 amide bonds. The fraction of sp³-hybridized carbons (Fsp3) is 0.263. The number of ether oxygens (including phenoxy) is 2. The number of carboxylic acids is 1. The summed E-state index contributed by atoms with van der Waals surface area (Å²) >= 11 is 0. The van der Waals surface area contributed by atoms with E-state index in [4.69, 9.17) is 14.6 Å². The number of rotatable bonds is 5. The van der Waals surface area contributed by atoms with Crippen LogP contribution in [0, 0.1) is 5.82 Å². The third-order valence-electron chi connectivity index (χ3n) is 4.01. The van der Waals surface area contributed by atoms with Crippen molar-refractivity contribution in [1.29, 1.82) is 0 Å². The average molecular weight is 359 g/mol. The van der Waals surface area contributed by atoms with Gasteiger partial charge in [0.15, 0.2) is 0 Å². The van der Waals surface area contributed by atoms with Gasteiger partial charge in [-0.25, -0.2) is 9.18 Å². The molecule has 0 spiro atoms. The third-order valence-corrected chi connectivity index (χ3v) is 4.01. The van der Waals surface area contributed by atoms with Gasteiger partial charge in [0, 0.05) is 18.1 Å². The molecule has 0 aliphatic carbocycles. The van der Waals surface area contributed by atoms with Gasteiger partial charge in [-0.3, -0.25) is 4.79 Å². The minimum Gasteiger partial charge on any atom is -0.492 e. The summed E-state index contributed by atoms with van der Waals surface area (Å²) in [6.45, 7) is 4.17. The Labute approximate surface area is 149 Å². The second-order valence-corrected chi connectivity index (χ2v) is 5.98. The van der Waals surface area contributed by atoms with Crippen LogP contribution in [0.15, 0.2) is 30.3 Å². The largest absolute Gasteiger partial charge is 0.492 e. The molecule has 1 aliphatic heterocycles. The molecule has 0 radical (unpaired) electrons. The van der Waals surface area contributed by atoms with Crippen LogP contribution in [0.1, 0.15) is 40.1 Å². The van der Waals surface area contributed by atoms with Crippen molar-refractivity contribution in [3.63, 3.8) is 0 Å². The highest BCUT2D eigenvalue weighted by Crippen LogP contribution is 2.38. The standard InChI is InChI=1S/C19H18FNO5/c1-3-25-17-8-12-6-10(2)26-16(12)9-15(17)21-18(22)13-5-4-11(19(23)24)7-14(13)20/h4-5,7-10H,3,6H2,1-2H3,(H,21,22)(H,23,24). The average Bonchev–Trinajstić information content (AvgIpc) is 2.94. The first-order chi connectivity index (χ1) is 12.4. The lowest BCUT2D eigenvalue weighted by molar-refractivity contribution is 0.0695. The zero-order valence-corrected chi connectivity index (χ0v) is 14.3. The van der Waals surface area contributed by atoms with Crippen molar-refractivity contribution in [2.75, 3.05) is 11.9 Å². The topological polar surface area (TPSA) is 84.9 Å². The van der Waals surface area contributed by atoms with Crippen LogP contribution in [0.5, 0.6) is 11.5 Å². The van der Waals surface area contributed by atoms with Crippen molar-refractivity contribution < 1.29 is 28.6 Å². The van der Waals surface area contributed by atoms with Gasteiger partial charge in [0.1, 0.15) is 23.4 Å². The number of anilines is 1. The van der Waals surface area contributed by atoms with E-state index in [9.17, 15) is 14.0 Å². The Balaban J connectivity index is 1.89. The van der Waals surface area contributed by atoms with Crippen LogP contribution < -0.4 is 14.8 Å². The second kappa shape index (κ2) is 7.03. The maximum atomic E-state index is 14.1. The summed E-state index contributed by atoms with van der Waals surface area (Å²) in [4.78, 5) is 23.3. The summed E-state index contributed by atoms with van der Waals surface area (Å²) in [6, 6.07) is 6.60. The van der Waals surface area contributed by atoms with Gasteiger partial charge >= 0.3 is 5.97 Å². The number of carbonyl (C=O) groups is 2. The van der Waals surface area contributed by atoms with E-state index in [1.165, 1.54) is 6.07 Å². The zero-order chi connectivity index (χ0) is 18.8. The Morgan fingerprint density at radius 2 is 2.12 bits per heavy atom. The highest BCUT2D eigenvalue weighted by Gasteiger charge is 2.23. The first kappa shape index (κ1) is 17.7. The summed E-state index contributed by atoms with van der Waals surface area (Å²) in [6.07, 6.45) is 0.779. The molecule has 2 aromatic carbocycles. The number of nitrogens with one attached hydrogen (secondary N) is 1. The van der Waals surface area contributed by atoms with Crippen molar-refractivity contribution >= 4 is 17.6 Å². The van der Waals surface area contributed by atoms with Crippen LogP contribution >= 0.6 is 0 Å². The molecule has 1 unspecified atom stereocenters. The summed E-state index contributed by atoms with van der Waals surface area (Å²) in [5.74, 6) is -1.75. The molecule has 0 saturated heterocycles. The molecule has 2 aromatic rings. The molecular formula is C19H18FNO5. The number of carboxylic acid groups (broad SMARTS) is 1. The summed E-state index contributed by atoms with van der Waals surface area (Å²) in [7, 11) is 0. The number of fused-ring (bicyclic) bond motifs is 1. The van der Waals surface area contributed by atoms with E-state index in [1.807, 2.05) is 19.9 Å². The normalized spacial score (nSPS) is 15.1. The number of halogens is 1. The fourth-order valence-electron chi connectivity index (χ4n) is 2.83. The van der Waals surface area contributed by atoms with E-state index < -0.39 is 17.7 Å². The molecule has 26 heavy (non-hydrogen) atoms. The Bertz CT molecular complexity index is 880. The number of hydrogen-bond acceptors (Lipinski definition) is 4. The predicted octanol–water partition coefficient (Wildman–Crippen LogP) is 3.50. The van der Waals surface area contributed by atoms with Crippen molar-refractivity contribution in [2.45, 2.75) is 26.4 Å². The maximum absolute atomic E-state index is 14.1. The van der Waals surface area contributed by atoms with E-state index >= 15 is 0 Å². The molecule has 1 aliphatic rings. The molecule has 0 aromatic heterocycles. The van der Waals surface area contributed by atoms with E-state index in [-0.39, 0.29) is 17.2 Å². The van der Waals surface area contributed by atoms with Crippen LogP contribution in [-0.2, 0) is 6.42 Å². The minimum absolute atomic E-state index is 0.0337. The summed E-state index contributed by atoms with van der Waals surface area (Å²) in [5.41, 5.74) is 0.864. The predicted molar refractivity (Wildman–Crippen MR) is 92.7 cm³/mol. The Hall–Kier alpha value is -3.09. The lowest BCUT2D eigenvalue weighted by Gasteiger charge is -2.14. The summed E-state index contributed by atoms with van der Waals surface area (Å²) in [5, 5.41) is 11.5. The van der Waals surface area contributed by atoms with Gasteiger partial charge in [-0.15, -0.1) is 0 Å². The van der Waals surface area contributed by atoms with Crippen LogP contribution in [-0.4, -0.2) is 29.7 Å². The Kier molecular flexibility index (Phi) is 4.79. The van der Waals surface area contributed by atoms with Crippen molar-refractivity contribution in [3.05, 3.63) is 52.8 Å². The molecule has 6 nitrogen and oxygen atoms in total. The molecule has 1 atom stereocenters.